The number of carboxylic acids is 1. The number of methoxy groups -OCH3 is 1. The van der Waals surface area contributed by atoms with Crippen LogP contribution in [-0.4, -0.2) is 36.3 Å². The van der Waals surface area contributed by atoms with Crippen molar-refractivity contribution in [2.75, 3.05) is 7.11 Å². The molecule has 1 amide bonds. The average Bonchev–Trinajstić information content (AvgIpc) is 2.42. The summed E-state index contributed by atoms with van der Waals surface area (Å²) in [5.41, 5.74) is 0.725. The normalized spacial score (nSPS) is 12.6. The van der Waals surface area contributed by atoms with Crippen LogP contribution in [0.25, 0.3) is 0 Å². The number of halogens is 3. The fraction of sp³-hybridized carbons (Fsp3) is 0.385. The molecule has 1 aromatic rings. The number of carboxylic acid groups (broad SMARTS) is 1. The van der Waals surface area contributed by atoms with Gasteiger partial charge in [-0.25, -0.2) is 4.79 Å². The third kappa shape index (κ3) is 5.33. The van der Waals surface area contributed by atoms with Crippen molar-refractivity contribution in [1.82, 2.24) is 5.32 Å². The second-order valence-electron chi connectivity index (χ2n) is 4.25. The van der Waals surface area contributed by atoms with E-state index in [0.717, 1.165) is 5.56 Å². The molecule has 21 heavy (non-hydrogen) atoms. The second-order valence-corrected chi connectivity index (χ2v) is 4.25. The first-order valence-corrected chi connectivity index (χ1v) is 5.97. The molecule has 0 aromatic heterocycles. The maximum Gasteiger partial charge on any atom is 0.471 e. The largest absolute Gasteiger partial charge is 0.497 e. The van der Waals surface area contributed by atoms with Gasteiger partial charge >= 0.3 is 18.1 Å². The van der Waals surface area contributed by atoms with Crippen molar-refractivity contribution in [2.45, 2.75) is 25.1 Å². The molecule has 0 spiro atoms. The van der Waals surface area contributed by atoms with Gasteiger partial charge in [-0.3, -0.25) is 4.79 Å². The fourth-order valence-electron chi connectivity index (χ4n) is 1.60. The molecular formula is C13H14F3NO4. The van der Waals surface area contributed by atoms with Gasteiger partial charge in [0, 0.05) is 0 Å². The first-order valence-electron chi connectivity index (χ1n) is 5.97. The van der Waals surface area contributed by atoms with Gasteiger partial charge in [-0.05, 0) is 30.5 Å². The van der Waals surface area contributed by atoms with Gasteiger partial charge in [-0.1, -0.05) is 12.1 Å². The van der Waals surface area contributed by atoms with Crippen molar-refractivity contribution in [3.63, 3.8) is 0 Å². The highest BCUT2D eigenvalue weighted by Gasteiger charge is 2.40. The zero-order chi connectivity index (χ0) is 16.0. The molecule has 5 nitrogen and oxygen atoms in total. The van der Waals surface area contributed by atoms with Crippen molar-refractivity contribution in [1.29, 1.82) is 0 Å². The molecule has 0 aliphatic carbocycles. The number of aliphatic carboxylic acids is 1. The highest BCUT2D eigenvalue weighted by Crippen LogP contribution is 2.16. The van der Waals surface area contributed by atoms with Crippen molar-refractivity contribution < 1.29 is 32.6 Å². The molecule has 8 heteroatoms. The van der Waals surface area contributed by atoms with E-state index < -0.39 is 24.1 Å². The van der Waals surface area contributed by atoms with Crippen molar-refractivity contribution in [3.05, 3.63) is 29.8 Å². The van der Waals surface area contributed by atoms with Crippen LogP contribution in [0.5, 0.6) is 5.75 Å². The van der Waals surface area contributed by atoms with Crippen LogP contribution in [0.3, 0.4) is 0 Å². The molecule has 0 saturated carbocycles. The summed E-state index contributed by atoms with van der Waals surface area (Å²) in [4.78, 5) is 21.6. The van der Waals surface area contributed by atoms with Crippen LogP contribution in [0.4, 0.5) is 13.2 Å². The van der Waals surface area contributed by atoms with E-state index in [1.807, 2.05) is 0 Å². The molecule has 1 atom stereocenters. The third-order valence-electron chi connectivity index (χ3n) is 2.74. The first kappa shape index (κ1) is 16.8. The van der Waals surface area contributed by atoms with Crippen LogP contribution in [0.2, 0.25) is 0 Å². The molecule has 0 unspecified atom stereocenters. The van der Waals surface area contributed by atoms with E-state index in [9.17, 15) is 22.8 Å². The number of nitrogens with one attached hydrogen (secondary N) is 1. The van der Waals surface area contributed by atoms with Gasteiger partial charge in [0.25, 0.3) is 0 Å². The Kier molecular flexibility index (Phi) is 5.57. The molecule has 2 N–H and O–H groups in total. The number of carbonyl (C=O) groups excluding carboxylic acids is 1. The Morgan fingerprint density at radius 1 is 1.29 bits per heavy atom. The number of hydrogen-bond acceptors (Lipinski definition) is 3. The van der Waals surface area contributed by atoms with Crippen LogP contribution in [-0.2, 0) is 16.0 Å². The monoisotopic (exact) mass is 305 g/mol. The van der Waals surface area contributed by atoms with Crippen molar-refractivity contribution >= 4 is 11.9 Å². The first-order chi connectivity index (χ1) is 9.74. The Labute approximate surface area is 118 Å². The fourth-order valence-corrected chi connectivity index (χ4v) is 1.60. The van der Waals surface area contributed by atoms with Crippen LogP contribution in [0.15, 0.2) is 24.3 Å². The maximum absolute atomic E-state index is 12.1. The number of hydrogen-bond donors (Lipinski definition) is 2. The van der Waals surface area contributed by atoms with E-state index in [-0.39, 0.29) is 12.8 Å². The van der Waals surface area contributed by atoms with Gasteiger partial charge in [0.15, 0.2) is 0 Å². The van der Waals surface area contributed by atoms with Gasteiger partial charge in [-0.15, -0.1) is 0 Å². The summed E-state index contributed by atoms with van der Waals surface area (Å²) in [6.07, 6.45) is -5.05. The lowest BCUT2D eigenvalue weighted by molar-refractivity contribution is -0.175. The lowest BCUT2D eigenvalue weighted by Gasteiger charge is -2.15. The molecule has 1 aromatic carbocycles. The molecule has 116 valence electrons. The van der Waals surface area contributed by atoms with Gasteiger partial charge in [0.2, 0.25) is 0 Å². The topological polar surface area (TPSA) is 75.6 Å². The predicted octanol–water partition coefficient (Wildman–Crippen LogP) is 1.76. The number of alkyl halides is 3. The van der Waals surface area contributed by atoms with Crippen LogP contribution < -0.4 is 10.1 Å². The molecule has 0 bridgehead atoms. The summed E-state index contributed by atoms with van der Waals surface area (Å²) in [7, 11) is 1.49. The summed E-state index contributed by atoms with van der Waals surface area (Å²) in [6, 6.07) is 5.05. The Balaban J connectivity index is 2.62. The van der Waals surface area contributed by atoms with Crippen LogP contribution >= 0.6 is 0 Å². The number of rotatable bonds is 6. The quantitative estimate of drug-likeness (QED) is 0.839. The highest BCUT2D eigenvalue weighted by molar-refractivity contribution is 5.86. The summed E-state index contributed by atoms with van der Waals surface area (Å²) in [5, 5.41) is 10.3. The van der Waals surface area contributed by atoms with E-state index in [2.05, 4.69) is 0 Å². The number of aryl methyl sites for hydroxylation is 1. The van der Waals surface area contributed by atoms with Crippen molar-refractivity contribution in [3.8, 4) is 5.75 Å². The van der Waals surface area contributed by atoms with E-state index in [1.165, 1.54) is 12.4 Å². The van der Waals surface area contributed by atoms with Gasteiger partial charge in [-0.2, -0.15) is 13.2 Å². The molecule has 0 aliphatic rings. The lowest BCUT2D eigenvalue weighted by atomic mass is 10.0. The number of carbonyl (C=O) groups is 2. The van der Waals surface area contributed by atoms with Crippen LogP contribution in [0.1, 0.15) is 12.0 Å². The molecule has 0 aliphatic heterocycles. The number of ether oxygens (including phenoxy) is 1. The van der Waals surface area contributed by atoms with E-state index >= 15 is 0 Å². The summed E-state index contributed by atoms with van der Waals surface area (Å²) < 4.78 is 41.2. The molecule has 0 radical (unpaired) electrons. The van der Waals surface area contributed by atoms with Gasteiger partial charge in [0.1, 0.15) is 11.8 Å². The highest BCUT2D eigenvalue weighted by atomic mass is 19.4. The average molecular weight is 305 g/mol. The van der Waals surface area contributed by atoms with E-state index in [4.69, 9.17) is 9.84 Å². The Bertz CT molecular complexity index is 499. The molecule has 0 heterocycles. The predicted molar refractivity (Wildman–Crippen MR) is 66.9 cm³/mol. The molecular weight excluding hydrogens is 291 g/mol. The Hall–Kier alpha value is -2.25. The number of amides is 1. The van der Waals surface area contributed by atoms with Crippen molar-refractivity contribution in [2.24, 2.45) is 0 Å². The van der Waals surface area contributed by atoms with E-state index in [1.54, 1.807) is 24.3 Å². The van der Waals surface area contributed by atoms with Gasteiger partial charge in [0.05, 0.1) is 7.11 Å². The SMILES string of the molecule is COc1ccc(CC[C@H](NC(=O)C(F)(F)F)C(=O)O)cc1. The third-order valence-corrected chi connectivity index (χ3v) is 2.74. The minimum atomic E-state index is -5.10. The van der Waals surface area contributed by atoms with Gasteiger partial charge < -0.3 is 15.2 Å². The molecule has 1 rings (SSSR count). The molecule has 0 fully saturated rings. The summed E-state index contributed by atoms with van der Waals surface area (Å²) in [5.74, 6) is -3.16. The second kappa shape index (κ2) is 6.96. The minimum absolute atomic E-state index is 0.149. The maximum atomic E-state index is 12.1. The lowest BCUT2D eigenvalue weighted by Crippen LogP contribution is -2.47. The zero-order valence-corrected chi connectivity index (χ0v) is 11.1. The zero-order valence-electron chi connectivity index (χ0n) is 11.1. The molecule has 0 saturated heterocycles. The summed E-state index contributed by atoms with van der Waals surface area (Å²) >= 11 is 0. The minimum Gasteiger partial charge on any atom is -0.497 e. The Morgan fingerprint density at radius 3 is 2.29 bits per heavy atom. The smallest absolute Gasteiger partial charge is 0.471 e. The van der Waals surface area contributed by atoms with Crippen LogP contribution in [0, 0.1) is 0 Å². The number of benzene rings is 1. The Morgan fingerprint density at radius 2 is 1.86 bits per heavy atom. The summed E-state index contributed by atoms with van der Waals surface area (Å²) in [6.45, 7) is 0. The standard InChI is InChI=1S/C13H14F3NO4/c1-21-9-5-2-8(3-6-9)4-7-10(11(18)19)17-12(20)13(14,15)16/h2-3,5-6,10H,4,7H2,1H3,(H,17,20)(H,18,19)/t10-/m0/s1. The van der Waals surface area contributed by atoms with E-state index in [0.29, 0.717) is 5.75 Å².